The van der Waals surface area contributed by atoms with Crippen LogP contribution in [0, 0.1) is 29.1 Å². The van der Waals surface area contributed by atoms with E-state index in [1.165, 1.54) is 45.2 Å². The Labute approximate surface area is 114 Å². The van der Waals surface area contributed by atoms with Crippen molar-refractivity contribution >= 4 is 0 Å². The summed E-state index contributed by atoms with van der Waals surface area (Å²) in [4.78, 5) is 2.49. The minimum absolute atomic E-state index is 0.538. The Hall–Kier alpha value is -0.0400. The normalized spacial score (nSPS) is 32.5. The average Bonchev–Trinajstić information content (AvgIpc) is 2.94. The Kier molecular flexibility index (Phi) is 4.41. The molecule has 1 heteroatoms. The topological polar surface area (TPSA) is 3.24 Å². The van der Waals surface area contributed by atoms with Crippen molar-refractivity contribution in [3.63, 3.8) is 0 Å². The van der Waals surface area contributed by atoms with Crippen LogP contribution in [-0.2, 0) is 0 Å². The van der Waals surface area contributed by atoms with E-state index in [4.69, 9.17) is 0 Å². The smallest absolute Gasteiger partial charge is 0.00190 e. The third-order valence-electron chi connectivity index (χ3n) is 5.19. The molecule has 0 aromatic rings. The van der Waals surface area contributed by atoms with Crippen LogP contribution in [0.4, 0.5) is 0 Å². The zero-order valence-electron chi connectivity index (χ0n) is 13.2. The lowest BCUT2D eigenvalue weighted by molar-refractivity contribution is 0.168. The Morgan fingerprint density at radius 2 is 1.72 bits per heavy atom. The third-order valence-corrected chi connectivity index (χ3v) is 5.19. The third kappa shape index (κ3) is 4.26. The quantitative estimate of drug-likeness (QED) is 0.714. The number of hydrogen-bond acceptors (Lipinski definition) is 1. The number of hydrogen-bond donors (Lipinski definition) is 0. The Morgan fingerprint density at radius 3 is 2.28 bits per heavy atom. The van der Waals surface area contributed by atoms with Gasteiger partial charge < -0.3 is 4.90 Å². The lowest BCUT2D eigenvalue weighted by Crippen LogP contribution is -2.32. The fourth-order valence-corrected chi connectivity index (χ4v) is 3.90. The highest BCUT2D eigenvalue weighted by Crippen LogP contribution is 2.50. The molecular formula is C17H33N. The van der Waals surface area contributed by atoms with Crippen LogP contribution < -0.4 is 0 Å². The molecule has 0 spiro atoms. The highest BCUT2D eigenvalue weighted by molar-refractivity contribution is 4.91. The van der Waals surface area contributed by atoms with E-state index in [1.54, 1.807) is 0 Å². The standard InChI is InChI=1S/C17H33N/c1-13(14-6-8-18(5)9-7-14)10-15-11-16(15)12-17(2,3)4/h13-16H,6-12H2,1-5H3. The lowest BCUT2D eigenvalue weighted by Gasteiger charge is -2.33. The zero-order valence-corrected chi connectivity index (χ0v) is 13.2. The molecule has 18 heavy (non-hydrogen) atoms. The first-order chi connectivity index (χ1) is 8.35. The van der Waals surface area contributed by atoms with Crippen LogP contribution >= 0.6 is 0 Å². The second-order valence-electron chi connectivity index (χ2n) is 8.37. The van der Waals surface area contributed by atoms with Gasteiger partial charge in [0.25, 0.3) is 0 Å². The van der Waals surface area contributed by atoms with Gasteiger partial charge in [-0.15, -0.1) is 0 Å². The number of piperidine rings is 1. The molecule has 3 atom stereocenters. The van der Waals surface area contributed by atoms with Crippen LogP contribution in [0.5, 0.6) is 0 Å². The molecule has 106 valence electrons. The van der Waals surface area contributed by atoms with E-state index in [0.29, 0.717) is 5.41 Å². The summed E-state index contributed by atoms with van der Waals surface area (Å²) in [5, 5.41) is 0. The summed E-state index contributed by atoms with van der Waals surface area (Å²) in [6.07, 6.45) is 7.35. The van der Waals surface area contributed by atoms with Gasteiger partial charge in [-0.05, 0) is 81.3 Å². The van der Waals surface area contributed by atoms with Gasteiger partial charge in [-0.3, -0.25) is 0 Å². The van der Waals surface area contributed by atoms with Crippen molar-refractivity contribution in [2.75, 3.05) is 20.1 Å². The molecular weight excluding hydrogens is 218 g/mol. The van der Waals surface area contributed by atoms with Gasteiger partial charge in [0, 0.05) is 0 Å². The summed E-state index contributed by atoms with van der Waals surface area (Å²) in [5.74, 6) is 4.10. The van der Waals surface area contributed by atoms with Crippen molar-refractivity contribution in [1.29, 1.82) is 0 Å². The molecule has 1 aliphatic heterocycles. The molecule has 1 saturated heterocycles. The van der Waals surface area contributed by atoms with Crippen molar-refractivity contribution < 1.29 is 0 Å². The molecule has 2 fully saturated rings. The summed E-state index contributed by atoms with van der Waals surface area (Å²) in [6, 6.07) is 0. The van der Waals surface area contributed by atoms with Crippen molar-refractivity contribution in [3.05, 3.63) is 0 Å². The van der Waals surface area contributed by atoms with Gasteiger partial charge in [-0.1, -0.05) is 27.7 Å². The molecule has 0 aromatic heterocycles. The maximum atomic E-state index is 2.52. The fraction of sp³-hybridized carbons (Fsp3) is 1.00. The monoisotopic (exact) mass is 251 g/mol. The molecule has 2 aliphatic rings. The average molecular weight is 251 g/mol. The SMILES string of the molecule is CC(CC1CC1CC(C)(C)C)C1CCN(C)CC1. The van der Waals surface area contributed by atoms with E-state index in [-0.39, 0.29) is 0 Å². The van der Waals surface area contributed by atoms with Crippen LogP contribution in [0.3, 0.4) is 0 Å². The van der Waals surface area contributed by atoms with Crippen molar-refractivity contribution in [1.82, 2.24) is 4.90 Å². The van der Waals surface area contributed by atoms with Gasteiger partial charge in [0.15, 0.2) is 0 Å². The molecule has 1 saturated carbocycles. The first-order valence-electron chi connectivity index (χ1n) is 8.03. The van der Waals surface area contributed by atoms with Gasteiger partial charge in [-0.25, -0.2) is 0 Å². The Bertz CT molecular complexity index is 257. The van der Waals surface area contributed by atoms with Crippen LogP contribution in [0.1, 0.15) is 59.8 Å². The van der Waals surface area contributed by atoms with Crippen LogP contribution in [-0.4, -0.2) is 25.0 Å². The predicted molar refractivity (Wildman–Crippen MR) is 79.7 cm³/mol. The van der Waals surface area contributed by atoms with E-state index >= 15 is 0 Å². The van der Waals surface area contributed by atoms with Crippen molar-refractivity contribution in [3.8, 4) is 0 Å². The minimum Gasteiger partial charge on any atom is -0.306 e. The van der Waals surface area contributed by atoms with E-state index in [2.05, 4.69) is 39.6 Å². The van der Waals surface area contributed by atoms with Gasteiger partial charge in [0.05, 0.1) is 0 Å². The minimum atomic E-state index is 0.538. The van der Waals surface area contributed by atoms with E-state index in [9.17, 15) is 0 Å². The van der Waals surface area contributed by atoms with Crippen molar-refractivity contribution in [2.24, 2.45) is 29.1 Å². The van der Waals surface area contributed by atoms with Gasteiger partial charge in [0.1, 0.15) is 0 Å². The summed E-state index contributed by atoms with van der Waals surface area (Å²) in [6.45, 7) is 12.3. The van der Waals surface area contributed by atoms with Crippen LogP contribution in [0.25, 0.3) is 0 Å². The van der Waals surface area contributed by atoms with Crippen LogP contribution in [0.2, 0.25) is 0 Å². The Morgan fingerprint density at radius 1 is 1.11 bits per heavy atom. The largest absolute Gasteiger partial charge is 0.306 e. The van der Waals surface area contributed by atoms with E-state index in [0.717, 1.165) is 23.7 Å². The molecule has 1 nitrogen and oxygen atoms in total. The molecule has 0 amide bonds. The van der Waals surface area contributed by atoms with Gasteiger partial charge in [-0.2, -0.15) is 0 Å². The van der Waals surface area contributed by atoms with E-state index < -0.39 is 0 Å². The lowest BCUT2D eigenvalue weighted by atomic mass is 9.81. The molecule has 1 heterocycles. The molecule has 1 aliphatic carbocycles. The summed E-state index contributed by atoms with van der Waals surface area (Å²) < 4.78 is 0. The molecule has 3 unspecified atom stereocenters. The maximum Gasteiger partial charge on any atom is -0.00190 e. The Balaban J connectivity index is 1.68. The fourth-order valence-electron chi connectivity index (χ4n) is 3.90. The second kappa shape index (κ2) is 5.53. The van der Waals surface area contributed by atoms with Crippen molar-refractivity contribution in [2.45, 2.75) is 59.8 Å². The number of likely N-dealkylation sites (tertiary alicyclic amines) is 1. The summed E-state index contributed by atoms with van der Waals surface area (Å²) in [7, 11) is 2.27. The van der Waals surface area contributed by atoms with Gasteiger partial charge in [0.2, 0.25) is 0 Å². The molecule has 0 radical (unpaired) electrons. The number of nitrogens with zero attached hydrogens (tertiary/aromatic N) is 1. The second-order valence-corrected chi connectivity index (χ2v) is 8.37. The van der Waals surface area contributed by atoms with E-state index in [1.807, 2.05) is 0 Å². The molecule has 0 aromatic carbocycles. The zero-order chi connectivity index (χ0) is 13.3. The molecule has 0 bridgehead atoms. The summed E-state index contributed by atoms with van der Waals surface area (Å²) >= 11 is 0. The predicted octanol–water partition coefficient (Wildman–Crippen LogP) is 4.43. The van der Waals surface area contributed by atoms with Crippen LogP contribution in [0.15, 0.2) is 0 Å². The molecule has 0 N–H and O–H groups in total. The molecule has 2 rings (SSSR count). The highest BCUT2D eigenvalue weighted by atomic mass is 15.1. The first-order valence-corrected chi connectivity index (χ1v) is 8.03. The van der Waals surface area contributed by atoms with Gasteiger partial charge >= 0.3 is 0 Å². The maximum absolute atomic E-state index is 2.52. The summed E-state index contributed by atoms with van der Waals surface area (Å²) in [5.41, 5.74) is 0.538. The number of rotatable bonds is 4. The first kappa shape index (κ1) is 14.4. The highest BCUT2D eigenvalue weighted by Gasteiger charge is 2.40.